The number of hydrogen-bond acceptors (Lipinski definition) is 2. The summed E-state index contributed by atoms with van der Waals surface area (Å²) in [7, 11) is 0. The molecule has 0 bridgehead atoms. The molecular weight excluding hydrogens is 372 g/mol. The van der Waals surface area contributed by atoms with Crippen molar-refractivity contribution in [2.24, 2.45) is 0 Å². The van der Waals surface area contributed by atoms with Crippen molar-refractivity contribution in [1.82, 2.24) is 15.5 Å². The number of carbonyl (C=O) groups excluding carboxylic acids is 1. The molecule has 2 aromatic carbocycles. The molecule has 27 heavy (non-hydrogen) atoms. The summed E-state index contributed by atoms with van der Waals surface area (Å²) < 4.78 is 26.3. The minimum absolute atomic E-state index is 0.0949. The molecule has 0 saturated carbocycles. The van der Waals surface area contributed by atoms with Gasteiger partial charge in [0, 0.05) is 37.2 Å². The molecule has 1 saturated heterocycles. The Balaban J connectivity index is 1.40. The van der Waals surface area contributed by atoms with Crippen molar-refractivity contribution in [1.29, 1.82) is 0 Å². The number of urea groups is 1. The molecule has 0 spiro atoms. The Morgan fingerprint density at radius 3 is 2.56 bits per heavy atom. The van der Waals surface area contributed by atoms with Crippen molar-refractivity contribution in [3.63, 3.8) is 0 Å². The minimum atomic E-state index is -0.829. The molecule has 2 N–H and O–H groups in total. The maximum Gasteiger partial charge on any atom is 0.315 e. The third-order valence-corrected chi connectivity index (χ3v) is 5.08. The molecule has 0 atom stereocenters. The molecule has 0 unspecified atom stereocenters. The number of likely N-dealkylation sites (tertiary alicyclic amines) is 1. The Morgan fingerprint density at radius 1 is 1.11 bits per heavy atom. The van der Waals surface area contributed by atoms with Crippen LogP contribution in [0.1, 0.15) is 24.0 Å². The first kappa shape index (κ1) is 19.6. The number of halogens is 3. The van der Waals surface area contributed by atoms with Gasteiger partial charge in [0.2, 0.25) is 0 Å². The highest BCUT2D eigenvalue weighted by molar-refractivity contribution is 6.31. The summed E-state index contributed by atoms with van der Waals surface area (Å²) in [4.78, 5) is 14.3. The second kappa shape index (κ2) is 9.15. The Labute approximate surface area is 162 Å². The van der Waals surface area contributed by atoms with E-state index in [0.29, 0.717) is 18.1 Å². The predicted octanol–water partition coefficient (Wildman–Crippen LogP) is 4.08. The minimum Gasteiger partial charge on any atom is -0.335 e. The van der Waals surface area contributed by atoms with Gasteiger partial charge < -0.3 is 10.6 Å². The van der Waals surface area contributed by atoms with E-state index >= 15 is 0 Å². The van der Waals surface area contributed by atoms with Crippen LogP contribution in [0.2, 0.25) is 5.02 Å². The highest BCUT2D eigenvalue weighted by Gasteiger charge is 2.21. The third-order valence-electron chi connectivity index (χ3n) is 4.71. The number of hydrogen-bond donors (Lipinski definition) is 2. The van der Waals surface area contributed by atoms with Crippen LogP contribution in [0.25, 0.3) is 0 Å². The molecule has 1 fully saturated rings. The highest BCUT2D eigenvalue weighted by atomic mass is 35.5. The number of benzene rings is 2. The van der Waals surface area contributed by atoms with Gasteiger partial charge in [0.05, 0.1) is 0 Å². The molecule has 3 rings (SSSR count). The van der Waals surface area contributed by atoms with E-state index in [4.69, 9.17) is 11.6 Å². The summed E-state index contributed by atoms with van der Waals surface area (Å²) in [5.74, 6) is -1.65. The fourth-order valence-corrected chi connectivity index (χ4v) is 3.39. The van der Waals surface area contributed by atoms with Crippen LogP contribution in [0, 0.1) is 11.6 Å². The van der Waals surface area contributed by atoms with E-state index in [1.54, 1.807) is 12.1 Å². The van der Waals surface area contributed by atoms with Crippen molar-refractivity contribution >= 4 is 17.6 Å². The molecule has 2 aromatic rings. The maximum absolute atomic E-state index is 13.3. The molecule has 4 nitrogen and oxygen atoms in total. The monoisotopic (exact) mass is 393 g/mol. The number of amides is 2. The van der Waals surface area contributed by atoms with Crippen LogP contribution in [-0.2, 0) is 13.1 Å². The zero-order chi connectivity index (χ0) is 19.2. The summed E-state index contributed by atoms with van der Waals surface area (Å²) in [6, 6.07) is 11.3. The lowest BCUT2D eigenvalue weighted by Crippen LogP contribution is -2.47. The Hall–Kier alpha value is -2.18. The Kier molecular flexibility index (Phi) is 6.63. The zero-order valence-corrected chi connectivity index (χ0v) is 15.6. The van der Waals surface area contributed by atoms with Gasteiger partial charge in [-0.1, -0.05) is 35.9 Å². The quantitative estimate of drug-likeness (QED) is 0.803. The van der Waals surface area contributed by atoms with Crippen LogP contribution in [0.4, 0.5) is 13.6 Å². The average Bonchev–Trinajstić information content (AvgIpc) is 2.66. The van der Waals surface area contributed by atoms with Crippen LogP contribution in [0.5, 0.6) is 0 Å². The summed E-state index contributed by atoms with van der Waals surface area (Å²) in [5.41, 5.74) is 1.62. The Bertz CT molecular complexity index is 795. The SMILES string of the molecule is O=C(NCc1ccccc1Cl)NC1CCN(Cc2ccc(F)c(F)c2)CC1. The molecule has 144 valence electrons. The molecule has 0 radical (unpaired) electrons. The van der Waals surface area contributed by atoms with Crippen molar-refractivity contribution < 1.29 is 13.6 Å². The zero-order valence-electron chi connectivity index (χ0n) is 14.9. The topological polar surface area (TPSA) is 44.4 Å². The first-order chi connectivity index (χ1) is 13.0. The number of nitrogens with one attached hydrogen (secondary N) is 2. The van der Waals surface area contributed by atoms with Gasteiger partial charge in [-0.2, -0.15) is 0 Å². The summed E-state index contributed by atoms with van der Waals surface area (Å²) >= 11 is 6.08. The first-order valence-electron chi connectivity index (χ1n) is 8.95. The number of piperidine rings is 1. The van der Waals surface area contributed by atoms with Gasteiger partial charge in [0.1, 0.15) is 0 Å². The van der Waals surface area contributed by atoms with Crippen molar-refractivity contribution in [3.05, 3.63) is 70.2 Å². The molecule has 7 heteroatoms. The number of nitrogens with zero attached hydrogens (tertiary/aromatic N) is 1. The van der Waals surface area contributed by atoms with Crippen molar-refractivity contribution in [3.8, 4) is 0 Å². The normalized spacial score (nSPS) is 15.5. The second-order valence-electron chi connectivity index (χ2n) is 6.72. The first-order valence-corrected chi connectivity index (χ1v) is 9.33. The smallest absolute Gasteiger partial charge is 0.315 e. The predicted molar refractivity (Wildman–Crippen MR) is 101 cm³/mol. The van der Waals surface area contributed by atoms with Crippen LogP contribution >= 0.6 is 11.6 Å². The second-order valence-corrected chi connectivity index (χ2v) is 7.12. The molecule has 1 heterocycles. The van der Waals surface area contributed by atoms with Crippen LogP contribution in [0.3, 0.4) is 0 Å². The van der Waals surface area contributed by atoms with E-state index < -0.39 is 11.6 Å². The maximum atomic E-state index is 13.3. The standard InChI is InChI=1S/C20H22ClF2N3O/c21-17-4-2-1-3-15(17)12-24-20(27)25-16-7-9-26(10-8-16)13-14-5-6-18(22)19(23)11-14/h1-6,11,16H,7-10,12-13H2,(H2,24,25,27). The molecule has 1 aliphatic rings. The third kappa shape index (κ3) is 5.65. The summed E-state index contributed by atoms with van der Waals surface area (Å²) in [6.07, 6.45) is 1.62. The van der Waals surface area contributed by atoms with Gasteiger partial charge in [-0.3, -0.25) is 4.90 Å². The van der Waals surface area contributed by atoms with E-state index in [1.807, 2.05) is 18.2 Å². The van der Waals surface area contributed by atoms with Crippen molar-refractivity contribution in [2.75, 3.05) is 13.1 Å². The summed E-state index contributed by atoms with van der Waals surface area (Å²) in [5, 5.41) is 6.43. The molecule has 2 amide bonds. The lowest BCUT2D eigenvalue weighted by atomic mass is 10.0. The molecule has 0 aromatic heterocycles. The molecular formula is C20H22ClF2N3O. The Morgan fingerprint density at radius 2 is 1.85 bits per heavy atom. The average molecular weight is 394 g/mol. The summed E-state index contributed by atoms with van der Waals surface area (Å²) in [6.45, 7) is 2.52. The molecule has 1 aliphatic heterocycles. The van der Waals surface area contributed by atoms with Gasteiger partial charge >= 0.3 is 6.03 Å². The van der Waals surface area contributed by atoms with Gasteiger partial charge in [-0.25, -0.2) is 13.6 Å². The number of rotatable bonds is 5. The van der Waals surface area contributed by atoms with E-state index in [1.165, 1.54) is 6.07 Å². The van der Waals surface area contributed by atoms with Crippen LogP contribution in [-0.4, -0.2) is 30.1 Å². The number of carbonyl (C=O) groups is 1. The van der Waals surface area contributed by atoms with E-state index in [2.05, 4.69) is 15.5 Å². The fourth-order valence-electron chi connectivity index (χ4n) is 3.19. The highest BCUT2D eigenvalue weighted by Crippen LogP contribution is 2.16. The van der Waals surface area contributed by atoms with E-state index in [-0.39, 0.29) is 12.1 Å². The van der Waals surface area contributed by atoms with E-state index in [9.17, 15) is 13.6 Å². The van der Waals surface area contributed by atoms with E-state index in [0.717, 1.165) is 43.1 Å². The van der Waals surface area contributed by atoms with Crippen LogP contribution < -0.4 is 10.6 Å². The van der Waals surface area contributed by atoms with Gasteiger partial charge in [-0.15, -0.1) is 0 Å². The lowest BCUT2D eigenvalue weighted by Gasteiger charge is -2.32. The largest absolute Gasteiger partial charge is 0.335 e. The van der Waals surface area contributed by atoms with Gasteiger partial charge in [0.25, 0.3) is 0 Å². The fraction of sp³-hybridized carbons (Fsp3) is 0.350. The van der Waals surface area contributed by atoms with Crippen molar-refractivity contribution in [2.45, 2.75) is 32.0 Å². The van der Waals surface area contributed by atoms with Gasteiger partial charge in [0.15, 0.2) is 11.6 Å². The molecule has 0 aliphatic carbocycles. The van der Waals surface area contributed by atoms with Crippen LogP contribution in [0.15, 0.2) is 42.5 Å². The lowest BCUT2D eigenvalue weighted by molar-refractivity contribution is 0.186. The van der Waals surface area contributed by atoms with Gasteiger partial charge in [-0.05, 0) is 42.2 Å².